The normalized spacial score (nSPS) is 12.7. The van der Waals surface area contributed by atoms with Crippen LogP contribution in [0.2, 0.25) is 0 Å². The van der Waals surface area contributed by atoms with E-state index in [-0.39, 0.29) is 23.1 Å². The fourth-order valence-corrected chi connectivity index (χ4v) is 1.62. The van der Waals surface area contributed by atoms with Gasteiger partial charge in [-0.05, 0) is 11.1 Å². The fourth-order valence-electron chi connectivity index (χ4n) is 0.450. The minimum absolute atomic E-state index is 0. The minimum Gasteiger partial charge on any atom is -0.768 e. The van der Waals surface area contributed by atoms with E-state index in [9.17, 15) is 17.5 Å². The number of halogens is 2. The summed E-state index contributed by atoms with van der Waals surface area (Å²) in [4.78, 5) is 3.21. The van der Waals surface area contributed by atoms with Gasteiger partial charge in [-0.3, -0.25) is 4.21 Å². The Bertz CT molecular complexity index is 280. The molecule has 0 saturated carbocycles. The summed E-state index contributed by atoms with van der Waals surface area (Å²) in [5.41, 5.74) is 0. The molecule has 62 valence electrons. The van der Waals surface area contributed by atoms with Crippen molar-refractivity contribution < 1.29 is 36.4 Å². The molecule has 0 fully saturated rings. The zero-order chi connectivity index (χ0) is 8.43. The SMILES string of the molecule is O=S([O-])c1cnc(C(F)F)s1.[Li+]. The Kier molecular flexibility index (Phi) is 5.12. The number of rotatable bonds is 2. The maximum Gasteiger partial charge on any atom is 1.00 e. The fraction of sp³-hybridized carbons (Fsp3) is 0.250. The summed E-state index contributed by atoms with van der Waals surface area (Å²) in [6.45, 7) is 0. The molecule has 0 spiro atoms. The van der Waals surface area contributed by atoms with Crippen LogP contribution in [0.3, 0.4) is 0 Å². The van der Waals surface area contributed by atoms with Gasteiger partial charge in [0.2, 0.25) is 0 Å². The molecule has 1 unspecified atom stereocenters. The molecule has 0 saturated heterocycles. The van der Waals surface area contributed by atoms with E-state index < -0.39 is 22.5 Å². The van der Waals surface area contributed by atoms with Crippen molar-refractivity contribution in [1.29, 1.82) is 0 Å². The van der Waals surface area contributed by atoms with E-state index in [2.05, 4.69) is 4.98 Å². The molecule has 0 N–H and O–H groups in total. The average molecular weight is 205 g/mol. The summed E-state index contributed by atoms with van der Waals surface area (Å²) in [6.07, 6.45) is -1.78. The standard InChI is InChI=1S/C4H3F2NO2S2.Li/c5-3(6)4-7-1-2(10-4)11(8)9;/h1,3H,(H,8,9);/q;+1/p-1. The maximum atomic E-state index is 11.8. The molecule has 1 atom stereocenters. The smallest absolute Gasteiger partial charge is 0.768 e. The van der Waals surface area contributed by atoms with Crippen LogP contribution in [0.15, 0.2) is 10.4 Å². The van der Waals surface area contributed by atoms with Crippen LogP contribution >= 0.6 is 11.3 Å². The van der Waals surface area contributed by atoms with Crippen LogP contribution in [0.1, 0.15) is 11.4 Å². The zero-order valence-corrected chi connectivity index (χ0v) is 7.62. The summed E-state index contributed by atoms with van der Waals surface area (Å²) >= 11 is -1.98. The summed E-state index contributed by atoms with van der Waals surface area (Å²) in [5.74, 6) is 0. The Morgan fingerprint density at radius 2 is 2.25 bits per heavy atom. The van der Waals surface area contributed by atoms with Crippen molar-refractivity contribution in [2.45, 2.75) is 10.6 Å². The van der Waals surface area contributed by atoms with Crippen LogP contribution < -0.4 is 18.9 Å². The molecule has 0 aliphatic rings. The quantitative estimate of drug-likeness (QED) is 0.428. The van der Waals surface area contributed by atoms with Crippen LogP contribution in [-0.2, 0) is 11.1 Å². The molecular formula is C4H2F2LiNO2S2. The second kappa shape index (κ2) is 5.04. The molecule has 1 aromatic heterocycles. The molecule has 1 aromatic rings. The monoisotopic (exact) mass is 205 g/mol. The predicted molar refractivity (Wildman–Crippen MR) is 34.3 cm³/mol. The van der Waals surface area contributed by atoms with Gasteiger partial charge in [0.05, 0.1) is 10.4 Å². The van der Waals surface area contributed by atoms with Gasteiger partial charge in [0.1, 0.15) is 0 Å². The first-order valence-corrected chi connectivity index (χ1v) is 4.33. The van der Waals surface area contributed by atoms with E-state index >= 15 is 0 Å². The Morgan fingerprint density at radius 3 is 2.50 bits per heavy atom. The van der Waals surface area contributed by atoms with Gasteiger partial charge in [0, 0.05) is 0 Å². The summed E-state index contributed by atoms with van der Waals surface area (Å²) < 4.78 is 43.7. The molecule has 0 bridgehead atoms. The van der Waals surface area contributed by atoms with Crippen molar-refractivity contribution in [2.24, 2.45) is 0 Å². The average Bonchev–Trinajstić information content (AvgIpc) is 2.33. The Labute approximate surface area is 85.7 Å². The molecule has 0 amide bonds. The van der Waals surface area contributed by atoms with Gasteiger partial charge in [0.15, 0.2) is 5.01 Å². The first-order chi connectivity index (χ1) is 5.11. The first-order valence-electron chi connectivity index (χ1n) is 2.44. The number of aromatic nitrogens is 1. The third-order valence-electron chi connectivity index (χ3n) is 0.853. The molecule has 1 heterocycles. The van der Waals surface area contributed by atoms with Gasteiger partial charge in [0.25, 0.3) is 6.43 Å². The van der Waals surface area contributed by atoms with Crippen molar-refractivity contribution in [3.63, 3.8) is 0 Å². The Hall–Kier alpha value is 0.197. The van der Waals surface area contributed by atoms with E-state index in [1.165, 1.54) is 0 Å². The summed E-state index contributed by atoms with van der Waals surface area (Å²) in [5, 5.41) is -0.468. The van der Waals surface area contributed by atoms with Crippen molar-refractivity contribution in [3.05, 3.63) is 11.2 Å². The number of nitrogens with zero attached hydrogens (tertiary/aromatic N) is 1. The number of thiazole rings is 1. The van der Waals surface area contributed by atoms with Crippen molar-refractivity contribution in [2.75, 3.05) is 0 Å². The van der Waals surface area contributed by atoms with E-state index in [0.717, 1.165) is 6.20 Å². The third-order valence-corrected chi connectivity index (χ3v) is 2.74. The van der Waals surface area contributed by atoms with Gasteiger partial charge in [-0.1, -0.05) is 0 Å². The molecular weight excluding hydrogens is 203 g/mol. The second-order valence-electron chi connectivity index (χ2n) is 1.55. The van der Waals surface area contributed by atoms with Crippen LogP contribution in [0.25, 0.3) is 0 Å². The van der Waals surface area contributed by atoms with Crippen LogP contribution in [0.4, 0.5) is 8.78 Å². The molecule has 0 aromatic carbocycles. The van der Waals surface area contributed by atoms with E-state index in [1.54, 1.807) is 0 Å². The second-order valence-corrected chi connectivity index (χ2v) is 3.78. The first kappa shape index (κ1) is 12.2. The topological polar surface area (TPSA) is 53.0 Å². The van der Waals surface area contributed by atoms with E-state index in [1.807, 2.05) is 0 Å². The van der Waals surface area contributed by atoms with Gasteiger partial charge in [-0.2, -0.15) is 0 Å². The molecule has 8 heteroatoms. The maximum absolute atomic E-state index is 11.8. The van der Waals surface area contributed by atoms with Crippen LogP contribution in [-0.4, -0.2) is 13.7 Å². The zero-order valence-electron chi connectivity index (χ0n) is 5.99. The molecule has 12 heavy (non-hydrogen) atoms. The van der Waals surface area contributed by atoms with Gasteiger partial charge in [-0.25, -0.2) is 13.8 Å². The summed E-state index contributed by atoms with van der Waals surface area (Å²) in [6, 6.07) is 0. The van der Waals surface area contributed by atoms with Crippen molar-refractivity contribution in [1.82, 2.24) is 4.98 Å². The Balaban J connectivity index is 0.00000121. The van der Waals surface area contributed by atoms with E-state index in [0.29, 0.717) is 11.3 Å². The third kappa shape index (κ3) is 2.92. The minimum atomic E-state index is -2.70. The molecule has 0 aliphatic heterocycles. The number of alkyl halides is 2. The van der Waals surface area contributed by atoms with Gasteiger partial charge < -0.3 is 4.55 Å². The number of hydrogen-bond acceptors (Lipinski definition) is 4. The molecule has 0 radical (unpaired) electrons. The molecule has 0 aliphatic carbocycles. The number of hydrogen-bond donors (Lipinski definition) is 0. The van der Waals surface area contributed by atoms with Gasteiger partial charge >= 0.3 is 18.9 Å². The predicted octanol–water partition coefficient (Wildman–Crippen LogP) is -1.68. The van der Waals surface area contributed by atoms with E-state index in [4.69, 9.17) is 0 Å². The van der Waals surface area contributed by atoms with Crippen molar-refractivity contribution >= 4 is 22.4 Å². The summed E-state index contributed by atoms with van der Waals surface area (Å²) in [7, 11) is 0. The molecule has 1 rings (SSSR count). The van der Waals surface area contributed by atoms with Crippen molar-refractivity contribution in [3.8, 4) is 0 Å². The largest absolute Gasteiger partial charge is 1.00 e. The van der Waals surface area contributed by atoms with Crippen LogP contribution in [0.5, 0.6) is 0 Å². The Morgan fingerprint density at radius 1 is 1.67 bits per heavy atom. The molecule has 3 nitrogen and oxygen atoms in total. The van der Waals surface area contributed by atoms with Crippen LogP contribution in [0, 0.1) is 0 Å². The van der Waals surface area contributed by atoms with Gasteiger partial charge in [-0.15, -0.1) is 11.3 Å².